The lowest BCUT2D eigenvalue weighted by atomic mass is 10.2. The van der Waals surface area contributed by atoms with E-state index in [4.69, 9.17) is 11.6 Å². The van der Waals surface area contributed by atoms with Gasteiger partial charge in [0.05, 0.1) is 5.02 Å². The molecule has 2 N–H and O–H groups in total. The Morgan fingerprint density at radius 2 is 2.26 bits per heavy atom. The lowest BCUT2D eigenvalue weighted by molar-refractivity contribution is 0.0948. The number of hydrogen-bond donors (Lipinski definition) is 2. The fraction of sp³-hybridized carbons (Fsp3) is 0.571. The van der Waals surface area contributed by atoms with E-state index >= 15 is 0 Å². The van der Waals surface area contributed by atoms with Crippen molar-refractivity contribution in [3.63, 3.8) is 0 Å². The third kappa shape index (κ3) is 4.39. The molecule has 1 fully saturated rings. The number of pyridine rings is 1. The summed E-state index contributed by atoms with van der Waals surface area (Å²) in [4.78, 5) is 16.2. The fourth-order valence-electron chi connectivity index (χ4n) is 1.96. The highest BCUT2D eigenvalue weighted by molar-refractivity contribution is 6.33. The van der Waals surface area contributed by atoms with Crippen molar-refractivity contribution in [2.75, 3.05) is 18.4 Å². The molecule has 0 aromatic carbocycles. The van der Waals surface area contributed by atoms with Crippen LogP contribution in [0.15, 0.2) is 12.1 Å². The van der Waals surface area contributed by atoms with Crippen molar-refractivity contribution in [3.05, 3.63) is 22.8 Å². The molecule has 0 spiro atoms. The Labute approximate surface area is 118 Å². The quantitative estimate of drug-likeness (QED) is 0.755. The van der Waals surface area contributed by atoms with Crippen molar-refractivity contribution in [2.24, 2.45) is 5.92 Å². The second-order valence-corrected chi connectivity index (χ2v) is 5.31. The van der Waals surface area contributed by atoms with Crippen LogP contribution in [0.25, 0.3) is 0 Å². The van der Waals surface area contributed by atoms with Gasteiger partial charge in [-0.3, -0.25) is 4.79 Å². The summed E-state index contributed by atoms with van der Waals surface area (Å²) >= 11 is 6.01. The van der Waals surface area contributed by atoms with E-state index in [9.17, 15) is 4.79 Å². The molecule has 1 aromatic heterocycles. The van der Waals surface area contributed by atoms with Crippen molar-refractivity contribution in [1.82, 2.24) is 10.3 Å². The van der Waals surface area contributed by atoms with Gasteiger partial charge in [-0.2, -0.15) is 0 Å². The number of rotatable bonds is 7. The standard InChI is InChI=1S/C14H20ClN3O/c1-2-16-12-8-7-11(15)13(18-12)14(19)17-9-3-4-10-5-6-10/h7-8,10H,2-6,9H2,1H3,(H,16,18)(H,17,19). The van der Waals surface area contributed by atoms with Crippen molar-refractivity contribution in [1.29, 1.82) is 0 Å². The van der Waals surface area contributed by atoms with E-state index in [-0.39, 0.29) is 5.91 Å². The third-order valence-electron chi connectivity index (χ3n) is 3.19. The van der Waals surface area contributed by atoms with Crippen LogP contribution in [0.4, 0.5) is 5.82 Å². The lowest BCUT2D eigenvalue weighted by Crippen LogP contribution is -2.26. The first-order chi connectivity index (χ1) is 9.20. The van der Waals surface area contributed by atoms with Crippen LogP contribution in [0.3, 0.4) is 0 Å². The van der Waals surface area contributed by atoms with Crippen molar-refractivity contribution >= 4 is 23.3 Å². The maximum atomic E-state index is 12.0. The smallest absolute Gasteiger partial charge is 0.271 e. The molecule has 0 saturated heterocycles. The Bertz CT molecular complexity index is 446. The molecule has 1 aromatic rings. The topological polar surface area (TPSA) is 54.0 Å². The first-order valence-electron chi connectivity index (χ1n) is 6.89. The highest BCUT2D eigenvalue weighted by Gasteiger charge is 2.20. The Balaban J connectivity index is 1.86. The number of aromatic nitrogens is 1. The van der Waals surface area contributed by atoms with Gasteiger partial charge in [-0.05, 0) is 37.8 Å². The molecule has 0 atom stereocenters. The Kier molecular flexibility index (Phi) is 5.02. The summed E-state index contributed by atoms with van der Waals surface area (Å²) in [6, 6.07) is 3.47. The molecule has 1 aliphatic carbocycles. The monoisotopic (exact) mass is 281 g/mol. The molecule has 0 bridgehead atoms. The van der Waals surface area contributed by atoms with Crippen molar-refractivity contribution in [3.8, 4) is 0 Å². The van der Waals surface area contributed by atoms with E-state index in [1.165, 1.54) is 19.3 Å². The lowest BCUT2D eigenvalue weighted by Gasteiger charge is -2.08. The second-order valence-electron chi connectivity index (χ2n) is 4.90. The molecule has 1 amide bonds. The molecule has 1 aliphatic rings. The number of carbonyl (C=O) groups excluding carboxylic acids is 1. The SMILES string of the molecule is CCNc1ccc(Cl)c(C(=O)NCCCC2CC2)n1. The van der Waals surface area contributed by atoms with Gasteiger partial charge in [0.15, 0.2) is 0 Å². The minimum atomic E-state index is -0.194. The van der Waals surface area contributed by atoms with E-state index in [0.717, 1.165) is 18.9 Å². The zero-order chi connectivity index (χ0) is 13.7. The van der Waals surface area contributed by atoms with E-state index in [1.807, 2.05) is 6.92 Å². The van der Waals surface area contributed by atoms with E-state index in [2.05, 4.69) is 15.6 Å². The van der Waals surface area contributed by atoms with E-state index < -0.39 is 0 Å². The summed E-state index contributed by atoms with van der Waals surface area (Å²) < 4.78 is 0. The van der Waals surface area contributed by atoms with Gasteiger partial charge in [0.1, 0.15) is 11.5 Å². The predicted molar refractivity (Wildman–Crippen MR) is 77.7 cm³/mol. The maximum absolute atomic E-state index is 12.0. The predicted octanol–water partition coefficient (Wildman–Crippen LogP) is 3.09. The molecule has 2 rings (SSSR count). The molecule has 1 heterocycles. The fourth-order valence-corrected chi connectivity index (χ4v) is 2.15. The first-order valence-corrected chi connectivity index (χ1v) is 7.27. The van der Waals surface area contributed by atoms with Crippen LogP contribution in [0.2, 0.25) is 5.02 Å². The van der Waals surface area contributed by atoms with Gasteiger partial charge in [-0.15, -0.1) is 0 Å². The summed E-state index contributed by atoms with van der Waals surface area (Å²) in [7, 11) is 0. The number of carbonyl (C=O) groups is 1. The highest BCUT2D eigenvalue weighted by atomic mass is 35.5. The minimum absolute atomic E-state index is 0.194. The van der Waals surface area contributed by atoms with Gasteiger partial charge in [-0.1, -0.05) is 24.4 Å². The number of nitrogens with zero attached hydrogens (tertiary/aromatic N) is 1. The van der Waals surface area contributed by atoms with Gasteiger partial charge < -0.3 is 10.6 Å². The molecule has 4 nitrogen and oxygen atoms in total. The van der Waals surface area contributed by atoms with Gasteiger partial charge in [0, 0.05) is 13.1 Å². The van der Waals surface area contributed by atoms with Crippen LogP contribution < -0.4 is 10.6 Å². The van der Waals surface area contributed by atoms with Crippen LogP contribution in [0, 0.1) is 5.92 Å². The molecule has 0 radical (unpaired) electrons. The average molecular weight is 282 g/mol. The average Bonchev–Trinajstić information content (AvgIpc) is 3.21. The van der Waals surface area contributed by atoms with Crippen LogP contribution in [0.1, 0.15) is 43.1 Å². The molecule has 104 valence electrons. The zero-order valence-corrected chi connectivity index (χ0v) is 12.0. The number of anilines is 1. The first kappa shape index (κ1) is 14.1. The summed E-state index contributed by atoms with van der Waals surface area (Å²) in [6.07, 6.45) is 4.94. The van der Waals surface area contributed by atoms with E-state index in [1.54, 1.807) is 12.1 Å². The third-order valence-corrected chi connectivity index (χ3v) is 3.50. The van der Waals surface area contributed by atoms with Crippen LogP contribution in [-0.4, -0.2) is 24.0 Å². The van der Waals surface area contributed by atoms with Crippen LogP contribution in [0.5, 0.6) is 0 Å². The Morgan fingerprint density at radius 1 is 1.47 bits per heavy atom. The summed E-state index contributed by atoms with van der Waals surface area (Å²) in [5.74, 6) is 1.38. The highest BCUT2D eigenvalue weighted by Crippen LogP contribution is 2.33. The van der Waals surface area contributed by atoms with Gasteiger partial charge >= 0.3 is 0 Å². The normalized spacial score (nSPS) is 14.2. The molecule has 5 heteroatoms. The van der Waals surface area contributed by atoms with Crippen LogP contribution >= 0.6 is 11.6 Å². The van der Waals surface area contributed by atoms with Crippen molar-refractivity contribution < 1.29 is 4.79 Å². The van der Waals surface area contributed by atoms with Gasteiger partial charge in [-0.25, -0.2) is 4.98 Å². The summed E-state index contributed by atoms with van der Waals surface area (Å²) in [5, 5.41) is 6.34. The number of hydrogen-bond acceptors (Lipinski definition) is 3. The molecule has 0 aliphatic heterocycles. The summed E-state index contributed by atoms with van der Waals surface area (Å²) in [5.41, 5.74) is 0.298. The summed E-state index contributed by atoms with van der Waals surface area (Å²) in [6.45, 7) is 3.43. The second kappa shape index (κ2) is 6.75. The number of nitrogens with one attached hydrogen (secondary N) is 2. The number of amides is 1. The molecule has 1 saturated carbocycles. The van der Waals surface area contributed by atoms with Gasteiger partial charge in [0.25, 0.3) is 5.91 Å². The molecule has 0 unspecified atom stereocenters. The van der Waals surface area contributed by atoms with Crippen molar-refractivity contribution in [2.45, 2.75) is 32.6 Å². The zero-order valence-electron chi connectivity index (χ0n) is 11.2. The Morgan fingerprint density at radius 3 is 2.95 bits per heavy atom. The van der Waals surface area contributed by atoms with E-state index in [0.29, 0.717) is 23.1 Å². The molecular weight excluding hydrogens is 262 g/mol. The maximum Gasteiger partial charge on any atom is 0.271 e. The largest absolute Gasteiger partial charge is 0.370 e. The minimum Gasteiger partial charge on any atom is -0.370 e. The molecular formula is C14H20ClN3O. The van der Waals surface area contributed by atoms with Crippen LogP contribution in [-0.2, 0) is 0 Å². The van der Waals surface area contributed by atoms with Gasteiger partial charge in [0.2, 0.25) is 0 Å². The number of halogens is 1. The molecule has 19 heavy (non-hydrogen) atoms. The Hall–Kier alpha value is -1.29.